The molecule has 1 fully saturated rings. The molecule has 1 heterocycles. The molecule has 1 aromatic rings. The van der Waals surface area contributed by atoms with Gasteiger partial charge in [-0.05, 0) is 41.9 Å². The van der Waals surface area contributed by atoms with Crippen molar-refractivity contribution in [3.05, 3.63) is 29.6 Å². The van der Waals surface area contributed by atoms with Gasteiger partial charge in [-0.1, -0.05) is 13.8 Å². The molecule has 1 saturated carbocycles. The zero-order valence-electron chi connectivity index (χ0n) is 9.12. The van der Waals surface area contributed by atoms with Crippen molar-refractivity contribution in [3.63, 3.8) is 0 Å². The monoisotopic (exact) mass is 190 g/mol. The first-order chi connectivity index (χ1) is 6.52. The van der Waals surface area contributed by atoms with Gasteiger partial charge in [-0.2, -0.15) is 0 Å². The summed E-state index contributed by atoms with van der Waals surface area (Å²) in [4.78, 5) is 4.14. The van der Waals surface area contributed by atoms with Crippen molar-refractivity contribution in [3.8, 4) is 0 Å². The van der Waals surface area contributed by atoms with Gasteiger partial charge in [-0.15, -0.1) is 0 Å². The van der Waals surface area contributed by atoms with Crippen molar-refractivity contribution < 1.29 is 0 Å². The van der Waals surface area contributed by atoms with Crippen LogP contribution in [0.5, 0.6) is 0 Å². The smallest absolute Gasteiger partial charge is 0.0346 e. The highest BCUT2D eigenvalue weighted by Crippen LogP contribution is 2.57. The quantitative estimate of drug-likeness (QED) is 0.778. The molecule has 2 unspecified atom stereocenters. The third-order valence-corrected chi connectivity index (χ3v) is 3.46. The fourth-order valence-electron chi connectivity index (χ4n) is 2.16. The maximum Gasteiger partial charge on any atom is 0.0346 e. The number of aryl methyl sites for hydroxylation is 1. The Morgan fingerprint density at radius 2 is 2.21 bits per heavy atom. The van der Waals surface area contributed by atoms with Crippen LogP contribution < -0.4 is 5.73 Å². The van der Waals surface area contributed by atoms with E-state index in [-0.39, 0.29) is 6.04 Å². The van der Waals surface area contributed by atoms with Gasteiger partial charge < -0.3 is 5.73 Å². The van der Waals surface area contributed by atoms with E-state index in [9.17, 15) is 0 Å². The molecule has 14 heavy (non-hydrogen) atoms. The van der Waals surface area contributed by atoms with Crippen molar-refractivity contribution in [1.29, 1.82) is 0 Å². The van der Waals surface area contributed by atoms with Crippen LogP contribution in [0.15, 0.2) is 18.5 Å². The van der Waals surface area contributed by atoms with E-state index >= 15 is 0 Å². The molecule has 0 bridgehead atoms. The first-order valence-corrected chi connectivity index (χ1v) is 5.18. The topological polar surface area (TPSA) is 38.9 Å². The molecule has 0 radical (unpaired) electrons. The van der Waals surface area contributed by atoms with Crippen LogP contribution in [0.2, 0.25) is 0 Å². The Hall–Kier alpha value is -0.890. The van der Waals surface area contributed by atoms with Gasteiger partial charge in [-0.25, -0.2) is 0 Å². The minimum atomic E-state index is 0.165. The van der Waals surface area contributed by atoms with Gasteiger partial charge in [0.1, 0.15) is 0 Å². The summed E-state index contributed by atoms with van der Waals surface area (Å²) in [7, 11) is 0. The summed E-state index contributed by atoms with van der Waals surface area (Å²) < 4.78 is 0. The molecule has 0 saturated heterocycles. The second-order valence-corrected chi connectivity index (χ2v) is 5.06. The average Bonchev–Trinajstić information content (AvgIpc) is 2.75. The van der Waals surface area contributed by atoms with Gasteiger partial charge in [0.15, 0.2) is 0 Å². The highest BCUT2D eigenvalue weighted by Gasteiger charge is 2.49. The predicted molar refractivity (Wildman–Crippen MR) is 57.8 cm³/mol. The molecule has 1 aliphatic rings. The zero-order valence-corrected chi connectivity index (χ0v) is 9.12. The molecular formula is C12H18N2. The molecule has 2 atom stereocenters. The lowest BCUT2D eigenvalue weighted by Gasteiger charge is -2.15. The number of hydrogen-bond acceptors (Lipinski definition) is 2. The fraction of sp³-hybridized carbons (Fsp3) is 0.583. The SMILES string of the molecule is Cc1ccncc1C(N)C1CC1(C)C. The minimum absolute atomic E-state index is 0.165. The molecule has 1 aromatic heterocycles. The molecule has 2 nitrogen and oxygen atoms in total. The molecule has 2 rings (SSSR count). The second kappa shape index (κ2) is 3.06. The first-order valence-electron chi connectivity index (χ1n) is 5.18. The van der Waals surface area contributed by atoms with Crippen LogP contribution >= 0.6 is 0 Å². The molecule has 0 spiro atoms. The van der Waals surface area contributed by atoms with Crippen LogP contribution in [-0.4, -0.2) is 4.98 Å². The molecule has 0 aliphatic heterocycles. The van der Waals surface area contributed by atoms with E-state index in [4.69, 9.17) is 5.73 Å². The van der Waals surface area contributed by atoms with Crippen molar-refractivity contribution in [1.82, 2.24) is 4.98 Å². The summed E-state index contributed by atoms with van der Waals surface area (Å²) in [5, 5.41) is 0. The molecule has 0 amide bonds. The van der Waals surface area contributed by atoms with E-state index in [1.165, 1.54) is 17.5 Å². The number of nitrogens with two attached hydrogens (primary N) is 1. The summed E-state index contributed by atoms with van der Waals surface area (Å²) in [5.41, 5.74) is 9.14. The first kappa shape index (κ1) is 9.66. The van der Waals surface area contributed by atoms with E-state index < -0.39 is 0 Å². The number of pyridine rings is 1. The number of hydrogen-bond donors (Lipinski definition) is 1. The number of aromatic nitrogens is 1. The molecule has 76 valence electrons. The Kier molecular flexibility index (Phi) is 2.11. The predicted octanol–water partition coefficient (Wildman–Crippen LogP) is 2.44. The summed E-state index contributed by atoms with van der Waals surface area (Å²) in [6.45, 7) is 6.67. The van der Waals surface area contributed by atoms with Crippen LogP contribution in [-0.2, 0) is 0 Å². The number of rotatable bonds is 2. The summed E-state index contributed by atoms with van der Waals surface area (Å²) in [5.74, 6) is 0.630. The molecular weight excluding hydrogens is 172 g/mol. The normalized spacial score (nSPS) is 25.9. The van der Waals surface area contributed by atoms with Crippen LogP contribution in [0.25, 0.3) is 0 Å². The van der Waals surface area contributed by atoms with Crippen LogP contribution in [0, 0.1) is 18.3 Å². The zero-order chi connectivity index (χ0) is 10.3. The van der Waals surface area contributed by atoms with Crippen LogP contribution in [0.4, 0.5) is 0 Å². The van der Waals surface area contributed by atoms with E-state index in [0.717, 1.165) is 0 Å². The third kappa shape index (κ3) is 1.55. The second-order valence-electron chi connectivity index (χ2n) is 5.06. The lowest BCUT2D eigenvalue weighted by Crippen LogP contribution is -2.16. The average molecular weight is 190 g/mol. The van der Waals surface area contributed by atoms with Gasteiger partial charge in [-0.3, -0.25) is 4.98 Å². The van der Waals surface area contributed by atoms with Crippen molar-refractivity contribution >= 4 is 0 Å². The maximum absolute atomic E-state index is 6.24. The van der Waals surface area contributed by atoms with Crippen molar-refractivity contribution in [2.75, 3.05) is 0 Å². The third-order valence-electron chi connectivity index (χ3n) is 3.46. The molecule has 2 N–H and O–H groups in total. The number of nitrogens with zero attached hydrogens (tertiary/aromatic N) is 1. The van der Waals surface area contributed by atoms with Crippen molar-refractivity contribution in [2.45, 2.75) is 33.2 Å². The highest BCUT2D eigenvalue weighted by molar-refractivity contribution is 5.27. The van der Waals surface area contributed by atoms with Gasteiger partial charge >= 0.3 is 0 Å². The molecule has 1 aliphatic carbocycles. The lowest BCUT2D eigenvalue weighted by atomic mass is 9.96. The minimum Gasteiger partial charge on any atom is -0.324 e. The highest BCUT2D eigenvalue weighted by atomic mass is 14.7. The van der Waals surface area contributed by atoms with Gasteiger partial charge in [0, 0.05) is 18.4 Å². The Morgan fingerprint density at radius 3 is 2.71 bits per heavy atom. The molecule has 0 aromatic carbocycles. The van der Waals surface area contributed by atoms with Crippen LogP contribution in [0.3, 0.4) is 0 Å². The van der Waals surface area contributed by atoms with Gasteiger partial charge in [0.2, 0.25) is 0 Å². The summed E-state index contributed by atoms with van der Waals surface area (Å²) in [6, 6.07) is 2.20. The standard InChI is InChI=1S/C12H18N2/c1-8-4-5-14-7-9(8)11(13)10-6-12(10,2)3/h4-5,7,10-11H,6,13H2,1-3H3. The Bertz CT molecular complexity index is 344. The van der Waals surface area contributed by atoms with Crippen molar-refractivity contribution in [2.24, 2.45) is 17.1 Å². The summed E-state index contributed by atoms with van der Waals surface area (Å²) >= 11 is 0. The molecule has 2 heteroatoms. The Labute approximate surface area is 85.5 Å². The summed E-state index contributed by atoms with van der Waals surface area (Å²) in [6.07, 6.45) is 4.97. The largest absolute Gasteiger partial charge is 0.324 e. The lowest BCUT2D eigenvalue weighted by molar-refractivity contribution is 0.489. The van der Waals surface area contributed by atoms with Gasteiger partial charge in [0.05, 0.1) is 0 Å². The Morgan fingerprint density at radius 1 is 1.57 bits per heavy atom. The van der Waals surface area contributed by atoms with E-state index in [2.05, 4.69) is 25.8 Å². The Balaban J connectivity index is 2.21. The fourth-order valence-corrected chi connectivity index (χ4v) is 2.16. The van der Waals surface area contributed by atoms with Gasteiger partial charge in [0.25, 0.3) is 0 Å². The van der Waals surface area contributed by atoms with E-state index in [0.29, 0.717) is 11.3 Å². The van der Waals surface area contributed by atoms with E-state index in [1.54, 1.807) is 0 Å². The maximum atomic E-state index is 6.24. The van der Waals surface area contributed by atoms with Crippen LogP contribution in [0.1, 0.15) is 37.4 Å². The van der Waals surface area contributed by atoms with E-state index in [1.807, 2.05) is 18.5 Å².